The van der Waals surface area contributed by atoms with Gasteiger partial charge in [0.05, 0.1) is 11.1 Å². The highest BCUT2D eigenvalue weighted by Crippen LogP contribution is 2.26. The largest absolute Gasteiger partial charge is 0.422 e. The van der Waals surface area contributed by atoms with Crippen molar-refractivity contribution in [2.24, 2.45) is 10.7 Å². The van der Waals surface area contributed by atoms with Gasteiger partial charge in [0.15, 0.2) is 5.58 Å². The van der Waals surface area contributed by atoms with Crippen molar-refractivity contribution in [2.45, 2.75) is 12.5 Å². The molecule has 0 fully saturated rings. The van der Waals surface area contributed by atoms with Crippen molar-refractivity contribution in [1.29, 1.82) is 0 Å². The van der Waals surface area contributed by atoms with Gasteiger partial charge >= 0.3 is 6.01 Å². The summed E-state index contributed by atoms with van der Waals surface area (Å²) in [4.78, 5) is 48.6. The molecule has 1 atom stereocenters. The summed E-state index contributed by atoms with van der Waals surface area (Å²) in [7, 11) is 0. The van der Waals surface area contributed by atoms with Gasteiger partial charge in [0.2, 0.25) is 11.9 Å². The number of aliphatic imine (C=N–C) groups is 1. The molecule has 0 bridgehead atoms. The summed E-state index contributed by atoms with van der Waals surface area (Å²) in [5.41, 5.74) is 8.34. The number of benzene rings is 3. The number of nitrogens with zero attached hydrogens (tertiary/aromatic N) is 3. The molecule has 9 nitrogen and oxygen atoms in total. The predicted molar refractivity (Wildman–Crippen MR) is 124 cm³/mol. The predicted octanol–water partition coefficient (Wildman–Crippen LogP) is 2.80. The Kier molecular flexibility index (Phi) is 5.35. The second-order valence-corrected chi connectivity index (χ2v) is 7.68. The number of hydrogen-bond donors (Lipinski definition) is 2. The Balaban J connectivity index is 1.43. The number of carbonyl (C=O) groups is 3. The van der Waals surface area contributed by atoms with Crippen LogP contribution in [0.2, 0.25) is 0 Å². The third kappa shape index (κ3) is 3.90. The fourth-order valence-corrected chi connectivity index (χ4v) is 3.88. The zero-order valence-corrected chi connectivity index (χ0v) is 17.8. The van der Waals surface area contributed by atoms with Crippen LogP contribution in [0.3, 0.4) is 0 Å². The van der Waals surface area contributed by atoms with Crippen molar-refractivity contribution < 1.29 is 18.8 Å². The van der Waals surface area contributed by atoms with Crippen molar-refractivity contribution in [3.05, 3.63) is 95.6 Å². The van der Waals surface area contributed by atoms with Crippen molar-refractivity contribution in [3.8, 4) is 0 Å². The molecule has 0 saturated carbocycles. The average molecular weight is 453 g/mol. The van der Waals surface area contributed by atoms with Crippen LogP contribution in [-0.2, 0) is 11.2 Å². The Morgan fingerprint density at radius 2 is 1.56 bits per heavy atom. The summed E-state index contributed by atoms with van der Waals surface area (Å²) in [6, 6.07) is 21.5. The lowest BCUT2D eigenvalue weighted by atomic mass is 10.0. The standard InChI is InChI=1S/C25H19N5O4/c26-24(29-25-27-18-12-6-7-13-20(18)34-25)28-21(31)19(14-15-8-2-1-3-9-15)30-22(32)16-10-4-5-11-17(16)23(30)33/h1-13,19H,14H2,(H3,26,27,28,29,31)/t19-/m0/s1. The van der Waals surface area contributed by atoms with Gasteiger partial charge in [0, 0.05) is 6.42 Å². The van der Waals surface area contributed by atoms with Gasteiger partial charge in [-0.25, -0.2) is 0 Å². The first-order valence-electron chi connectivity index (χ1n) is 10.5. The van der Waals surface area contributed by atoms with E-state index in [-0.39, 0.29) is 29.5 Å². The van der Waals surface area contributed by atoms with Gasteiger partial charge in [-0.3, -0.25) is 24.6 Å². The first-order chi connectivity index (χ1) is 16.5. The van der Waals surface area contributed by atoms with E-state index in [0.29, 0.717) is 11.1 Å². The number of nitrogens with one attached hydrogen (secondary N) is 1. The summed E-state index contributed by atoms with van der Waals surface area (Å²) >= 11 is 0. The SMILES string of the molecule is NC(=Nc1nc2ccccc2o1)NC(=O)[C@H](Cc1ccccc1)N1C(=O)c2ccccc2C1=O. The molecule has 1 aromatic heterocycles. The second kappa shape index (κ2) is 8.62. The highest BCUT2D eigenvalue weighted by Gasteiger charge is 2.42. The molecule has 1 aliphatic heterocycles. The minimum atomic E-state index is -1.15. The number of nitrogens with two attached hydrogens (primary N) is 1. The summed E-state index contributed by atoms with van der Waals surface area (Å²) in [5, 5.41) is 2.48. The molecule has 3 N–H and O–H groups in total. The molecule has 1 aliphatic rings. The fourth-order valence-electron chi connectivity index (χ4n) is 3.88. The lowest BCUT2D eigenvalue weighted by Gasteiger charge is -2.25. The topological polar surface area (TPSA) is 131 Å². The zero-order valence-electron chi connectivity index (χ0n) is 17.8. The Bertz CT molecular complexity index is 1380. The lowest BCUT2D eigenvalue weighted by Crippen LogP contribution is -2.53. The third-order valence-electron chi connectivity index (χ3n) is 5.46. The number of guanidine groups is 1. The van der Waals surface area contributed by atoms with E-state index < -0.39 is 23.8 Å². The Morgan fingerprint density at radius 1 is 0.941 bits per heavy atom. The summed E-state index contributed by atoms with van der Waals surface area (Å²) in [5.74, 6) is -2.00. The number of amides is 3. The van der Waals surface area contributed by atoms with Crippen molar-refractivity contribution in [1.82, 2.24) is 15.2 Å². The summed E-state index contributed by atoms with van der Waals surface area (Å²) in [6.07, 6.45) is 0.105. The number of para-hydroxylation sites is 2. The number of oxazole rings is 1. The van der Waals surface area contributed by atoms with Gasteiger partial charge in [-0.2, -0.15) is 9.98 Å². The van der Waals surface area contributed by atoms with E-state index in [4.69, 9.17) is 10.2 Å². The number of imide groups is 1. The number of carbonyl (C=O) groups excluding carboxylic acids is 3. The van der Waals surface area contributed by atoms with Crippen LogP contribution >= 0.6 is 0 Å². The molecule has 3 aromatic carbocycles. The van der Waals surface area contributed by atoms with Crippen molar-refractivity contribution in [3.63, 3.8) is 0 Å². The normalized spacial score (nSPS) is 14.4. The van der Waals surface area contributed by atoms with Crippen LogP contribution in [0.25, 0.3) is 11.1 Å². The Hall–Kier alpha value is -4.79. The van der Waals surface area contributed by atoms with E-state index in [1.165, 1.54) is 0 Å². The molecular formula is C25H19N5O4. The molecule has 2 heterocycles. The molecule has 168 valence electrons. The van der Waals surface area contributed by atoms with Gasteiger partial charge in [0.25, 0.3) is 11.8 Å². The average Bonchev–Trinajstić information content (AvgIpc) is 3.36. The molecule has 4 aromatic rings. The Labute approximate surface area is 193 Å². The molecule has 5 rings (SSSR count). The van der Waals surface area contributed by atoms with E-state index >= 15 is 0 Å². The summed E-state index contributed by atoms with van der Waals surface area (Å²) < 4.78 is 5.50. The van der Waals surface area contributed by atoms with Crippen molar-refractivity contribution >= 4 is 40.8 Å². The lowest BCUT2D eigenvalue weighted by molar-refractivity contribution is -0.123. The maximum atomic E-state index is 13.3. The van der Waals surface area contributed by atoms with Gasteiger partial charge in [-0.1, -0.05) is 54.6 Å². The van der Waals surface area contributed by atoms with E-state index in [9.17, 15) is 14.4 Å². The van der Waals surface area contributed by atoms with Crippen LogP contribution in [0.1, 0.15) is 26.3 Å². The van der Waals surface area contributed by atoms with E-state index in [2.05, 4.69) is 15.3 Å². The fraction of sp³-hybridized carbons (Fsp3) is 0.0800. The summed E-state index contributed by atoms with van der Waals surface area (Å²) in [6.45, 7) is 0. The zero-order chi connectivity index (χ0) is 23.7. The minimum Gasteiger partial charge on any atom is -0.422 e. The van der Waals surface area contributed by atoms with Crippen LogP contribution in [0.5, 0.6) is 0 Å². The molecule has 3 amide bonds. The minimum absolute atomic E-state index is 0.0284. The van der Waals surface area contributed by atoms with Crippen LogP contribution in [0.4, 0.5) is 6.01 Å². The maximum absolute atomic E-state index is 13.3. The van der Waals surface area contributed by atoms with Crippen LogP contribution in [-0.4, -0.2) is 39.6 Å². The van der Waals surface area contributed by atoms with E-state index in [1.807, 2.05) is 30.3 Å². The second-order valence-electron chi connectivity index (χ2n) is 7.68. The number of fused-ring (bicyclic) bond motifs is 2. The number of hydrogen-bond acceptors (Lipinski definition) is 6. The van der Waals surface area contributed by atoms with Gasteiger partial charge in [0.1, 0.15) is 11.6 Å². The number of aromatic nitrogens is 1. The molecule has 0 saturated heterocycles. The number of rotatable bonds is 5. The first-order valence-corrected chi connectivity index (χ1v) is 10.5. The maximum Gasteiger partial charge on any atom is 0.325 e. The smallest absolute Gasteiger partial charge is 0.325 e. The molecule has 0 unspecified atom stereocenters. The monoisotopic (exact) mass is 453 g/mol. The molecule has 0 spiro atoms. The molecule has 9 heteroatoms. The van der Waals surface area contributed by atoms with Crippen LogP contribution < -0.4 is 11.1 Å². The van der Waals surface area contributed by atoms with Crippen LogP contribution in [0, 0.1) is 0 Å². The van der Waals surface area contributed by atoms with E-state index in [1.54, 1.807) is 48.5 Å². The molecule has 34 heavy (non-hydrogen) atoms. The highest BCUT2D eigenvalue weighted by atomic mass is 16.4. The Morgan fingerprint density at radius 3 is 2.24 bits per heavy atom. The van der Waals surface area contributed by atoms with E-state index in [0.717, 1.165) is 10.5 Å². The molecular weight excluding hydrogens is 434 g/mol. The highest BCUT2D eigenvalue weighted by molar-refractivity contribution is 6.23. The first kappa shape index (κ1) is 21.1. The van der Waals surface area contributed by atoms with Crippen LogP contribution in [0.15, 0.2) is 88.3 Å². The quantitative estimate of drug-likeness (QED) is 0.271. The van der Waals surface area contributed by atoms with Crippen molar-refractivity contribution in [2.75, 3.05) is 0 Å². The third-order valence-corrected chi connectivity index (χ3v) is 5.46. The molecule has 0 radical (unpaired) electrons. The molecule has 0 aliphatic carbocycles. The van der Waals surface area contributed by atoms with Gasteiger partial charge in [-0.05, 0) is 29.8 Å². The van der Waals surface area contributed by atoms with Gasteiger partial charge < -0.3 is 10.2 Å². The van der Waals surface area contributed by atoms with Gasteiger partial charge in [-0.15, -0.1) is 0 Å².